The highest BCUT2D eigenvalue weighted by atomic mass is 28.4. The first-order valence-corrected chi connectivity index (χ1v) is 11.5. The summed E-state index contributed by atoms with van der Waals surface area (Å²) in [4.78, 5) is 11.2. The average molecular weight is 333 g/mol. The SMILES string of the molecule is C=C(C)C(=O)OCCC[Si]O[Si](C)(C)CCCOCCO. The zero-order chi connectivity index (χ0) is 16.1. The van der Waals surface area contributed by atoms with E-state index in [0.717, 1.165) is 24.9 Å². The molecule has 5 nitrogen and oxygen atoms in total. The fourth-order valence-electron chi connectivity index (χ4n) is 1.50. The summed E-state index contributed by atoms with van der Waals surface area (Å²) in [7, 11) is -1.15. The van der Waals surface area contributed by atoms with Crippen molar-refractivity contribution in [3.8, 4) is 0 Å². The molecule has 0 aromatic heterocycles. The van der Waals surface area contributed by atoms with Gasteiger partial charge in [0.25, 0.3) is 0 Å². The van der Waals surface area contributed by atoms with Crippen LogP contribution in [-0.2, 0) is 18.4 Å². The molecule has 2 radical (unpaired) electrons. The smallest absolute Gasteiger partial charge is 0.333 e. The summed E-state index contributed by atoms with van der Waals surface area (Å²) < 4.78 is 16.3. The molecular formula is C14H28O5Si2. The quantitative estimate of drug-likeness (QED) is 0.242. The van der Waals surface area contributed by atoms with E-state index in [9.17, 15) is 4.79 Å². The molecule has 0 aliphatic carbocycles. The minimum Gasteiger partial charge on any atom is -0.462 e. The Balaban J connectivity index is 3.52. The Bertz CT molecular complexity index is 308. The Labute approximate surface area is 131 Å². The van der Waals surface area contributed by atoms with Crippen LogP contribution in [0.4, 0.5) is 0 Å². The molecule has 0 saturated carbocycles. The van der Waals surface area contributed by atoms with Crippen LogP contribution in [0.15, 0.2) is 12.2 Å². The van der Waals surface area contributed by atoms with Crippen LogP contribution in [0.25, 0.3) is 0 Å². The maximum atomic E-state index is 11.2. The van der Waals surface area contributed by atoms with Crippen molar-refractivity contribution >= 4 is 24.0 Å². The van der Waals surface area contributed by atoms with E-state index < -0.39 is 8.32 Å². The van der Waals surface area contributed by atoms with E-state index >= 15 is 0 Å². The van der Waals surface area contributed by atoms with Crippen LogP contribution < -0.4 is 0 Å². The van der Waals surface area contributed by atoms with Gasteiger partial charge in [0.15, 0.2) is 8.32 Å². The van der Waals surface area contributed by atoms with E-state index in [1.165, 1.54) is 0 Å². The first-order chi connectivity index (χ1) is 9.89. The van der Waals surface area contributed by atoms with Crippen molar-refractivity contribution in [2.24, 2.45) is 0 Å². The molecular weight excluding hydrogens is 304 g/mol. The van der Waals surface area contributed by atoms with Gasteiger partial charge in [-0.05, 0) is 44.9 Å². The van der Waals surface area contributed by atoms with Crippen molar-refractivity contribution in [2.75, 3.05) is 26.4 Å². The van der Waals surface area contributed by atoms with Gasteiger partial charge in [0.05, 0.1) is 19.8 Å². The van der Waals surface area contributed by atoms with Gasteiger partial charge in [-0.2, -0.15) is 0 Å². The number of ether oxygens (including phenoxy) is 2. The number of esters is 1. The first-order valence-electron chi connectivity index (χ1n) is 7.31. The predicted octanol–water partition coefficient (Wildman–Crippen LogP) is 2.15. The van der Waals surface area contributed by atoms with Gasteiger partial charge in [-0.3, -0.25) is 0 Å². The zero-order valence-corrected chi connectivity index (χ0v) is 15.4. The van der Waals surface area contributed by atoms with Crippen LogP contribution in [-0.4, -0.2) is 55.6 Å². The van der Waals surface area contributed by atoms with Crippen LogP contribution >= 0.6 is 0 Å². The summed E-state index contributed by atoms with van der Waals surface area (Å²) in [5.74, 6) is -0.322. The van der Waals surface area contributed by atoms with Gasteiger partial charge in [0.1, 0.15) is 0 Å². The Hall–Kier alpha value is -0.476. The maximum Gasteiger partial charge on any atom is 0.333 e. The minimum atomic E-state index is -1.62. The Morgan fingerprint density at radius 3 is 2.57 bits per heavy atom. The number of hydrogen-bond acceptors (Lipinski definition) is 5. The van der Waals surface area contributed by atoms with Gasteiger partial charge in [-0.1, -0.05) is 6.58 Å². The third kappa shape index (κ3) is 12.9. The maximum absolute atomic E-state index is 11.2. The summed E-state index contributed by atoms with van der Waals surface area (Å²) in [5.41, 5.74) is 0.436. The second-order valence-electron chi connectivity index (χ2n) is 5.47. The lowest BCUT2D eigenvalue weighted by Crippen LogP contribution is -2.32. The topological polar surface area (TPSA) is 65.0 Å². The van der Waals surface area contributed by atoms with Gasteiger partial charge >= 0.3 is 5.97 Å². The van der Waals surface area contributed by atoms with Gasteiger partial charge in [0, 0.05) is 12.2 Å². The van der Waals surface area contributed by atoms with Crippen molar-refractivity contribution < 1.29 is 23.5 Å². The van der Waals surface area contributed by atoms with Crippen molar-refractivity contribution in [1.29, 1.82) is 0 Å². The molecule has 0 aliphatic rings. The van der Waals surface area contributed by atoms with Gasteiger partial charge in [-0.15, -0.1) is 0 Å². The lowest BCUT2D eigenvalue weighted by Gasteiger charge is -2.22. The third-order valence-electron chi connectivity index (χ3n) is 2.66. The van der Waals surface area contributed by atoms with E-state index in [1.807, 2.05) is 0 Å². The molecule has 0 spiro atoms. The molecule has 0 fully saturated rings. The van der Waals surface area contributed by atoms with Crippen LogP contribution in [0.1, 0.15) is 19.8 Å². The largest absolute Gasteiger partial charge is 0.462 e. The standard InChI is InChI=1S/C14H28O5Si2/c1-13(2)14(16)18-9-5-11-20-19-21(3,4)12-6-8-17-10-7-15/h15H,1,5-12H2,2-4H3. The van der Waals surface area contributed by atoms with Crippen LogP contribution in [0, 0.1) is 0 Å². The lowest BCUT2D eigenvalue weighted by atomic mass is 10.4. The summed E-state index contributed by atoms with van der Waals surface area (Å²) in [6, 6.07) is 1.97. The number of carbonyl (C=O) groups excluding carboxylic acids is 1. The molecule has 0 unspecified atom stereocenters. The number of carbonyl (C=O) groups is 1. The van der Waals surface area contributed by atoms with E-state index in [0.29, 0.717) is 35.2 Å². The molecule has 7 heteroatoms. The molecule has 0 heterocycles. The summed E-state index contributed by atoms with van der Waals surface area (Å²) >= 11 is 0. The molecule has 0 rings (SSSR count). The normalized spacial score (nSPS) is 11.4. The fourth-order valence-corrected chi connectivity index (χ4v) is 5.16. The van der Waals surface area contributed by atoms with E-state index in [-0.39, 0.29) is 12.6 Å². The number of rotatable bonds is 13. The zero-order valence-electron chi connectivity index (χ0n) is 13.4. The Morgan fingerprint density at radius 1 is 1.24 bits per heavy atom. The fraction of sp³-hybridized carbons (Fsp3) is 0.786. The predicted molar refractivity (Wildman–Crippen MR) is 86.8 cm³/mol. The van der Waals surface area contributed by atoms with E-state index in [4.69, 9.17) is 18.7 Å². The highest BCUT2D eigenvalue weighted by molar-refractivity contribution is 6.75. The first kappa shape index (κ1) is 20.5. The average Bonchev–Trinajstić information content (AvgIpc) is 2.41. The highest BCUT2D eigenvalue weighted by Gasteiger charge is 2.21. The molecule has 0 atom stereocenters. The molecule has 0 aliphatic heterocycles. The van der Waals surface area contributed by atoms with Crippen molar-refractivity contribution in [1.82, 2.24) is 0 Å². The second kappa shape index (κ2) is 12.1. The Morgan fingerprint density at radius 2 is 1.95 bits per heavy atom. The van der Waals surface area contributed by atoms with Gasteiger partial charge in [0.2, 0.25) is 9.76 Å². The number of aliphatic hydroxyl groups is 1. The summed E-state index contributed by atoms with van der Waals surface area (Å²) in [5, 5.41) is 8.60. The van der Waals surface area contributed by atoms with E-state index in [2.05, 4.69) is 19.7 Å². The highest BCUT2D eigenvalue weighted by Crippen LogP contribution is 2.14. The molecule has 21 heavy (non-hydrogen) atoms. The van der Waals surface area contributed by atoms with Crippen LogP contribution in [0.2, 0.25) is 25.2 Å². The summed E-state index contributed by atoms with van der Waals surface area (Å²) in [6.07, 6.45) is 1.79. The lowest BCUT2D eigenvalue weighted by molar-refractivity contribution is -0.138. The summed E-state index contributed by atoms with van der Waals surface area (Å²) in [6.45, 7) is 11.2. The second-order valence-corrected chi connectivity index (χ2v) is 11.1. The van der Waals surface area contributed by atoms with Crippen LogP contribution in [0.5, 0.6) is 0 Å². The Kier molecular flexibility index (Phi) is 11.8. The molecule has 0 bridgehead atoms. The van der Waals surface area contributed by atoms with Crippen LogP contribution in [0.3, 0.4) is 0 Å². The minimum absolute atomic E-state index is 0.0780. The monoisotopic (exact) mass is 332 g/mol. The molecule has 1 N–H and O–H groups in total. The molecule has 0 amide bonds. The third-order valence-corrected chi connectivity index (χ3v) is 7.56. The van der Waals surface area contributed by atoms with Crippen molar-refractivity contribution in [2.45, 2.75) is 44.9 Å². The van der Waals surface area contributed by atoms with Gasteiger partial charge in [-0.25, -0.2) is 4.79 Å². The number of aliphatic hydroxyl groups excluding tert-OH is 1. The number of hydrogen-bond donors (Lipinski definition) is 1. The molecule has 0 aromatic rings. The molecule has 0 aromatic carbocycles. The molecule has 0 saturated heterocycles. The molecule has 122 valence electrons. The van der Waals surface area contributed by atoms with Gasteiger partial charge < -0.3 is 18.7 Å². The van der Waals surface area contributed by atoms with Crippen molar-refractivity contribution in [3.63, 3.8) is 0 Å². The van der Waals surface area contributed by atoms with E-state index in [1.54, 1.807) is 6.92 Å². The van der Waals surface area contributed by atoms with Crippen molar-refractivity contribution in [3.05, 3.63) is 12.2 Å².